The van der Waals surface area contributed by atoms with Crippen molar-refractivity contribution in [2.75, 3.05) is 0 Å². The standard InChI is InChI=1S/C53H35N3OSi/c1-4-18-37(19-5-1)58(38-20-6-2-7-21-38,39-22-8-3-9-23-39)53-52-45(43-27-13-17-31-50(43)57-52)35-51(54-53)56-48-30-16-12-26-42(48)44-34-36(32-33-49(44)56)55-46-28-14-10-24-40(46)41-25-11-15-29-47(41)55/h1-35H. The van der Waals surface area contributed by atoms with Gasteiger partial charge in [-0.1, -0.05) is 164 Å². The molecule has 4 heterocycles. The van der Waals surface area contributed by atoms with Gasteiger partial charge in [0.05, 0.1) is 27.4 Å². The zero-order valence-corrected chi connectivity index (χ0v) is 32.5. The highest BCUT2D eigenvalue weighted by atomic mass is 28.3. The van der Waals surface area contributed by atoms with Crippen LogP contribution in [0.2, 0.25) is 0 Å². The molecule has 5 heteroatoms. The number of fused-ring (bicyclic) bond motifs is 9. The second-order valence-electron chi connectivity index (χ2n) is 15.1. The number of aromatic nitrogens is 3. The monoisotopic (exact) mass is 757 g/mol. The molecule has 8 aromatic carbocycles. The molecular formula is C53H35N3OSi. The van der Waals surface area contributed by atoms with Crippen molar-refractivity contribution in [1.82, 2.24) is 14.1 Å². The molecule has 0 saturated carbocycles. The third-order valence-electron chi connectivity index (χ3n) is 12.0. The van der Waals surface area contributed by atoms with Crippen molar-refractivity contribution in [2.24, 2.45) is 0 Å². The van der Waals surface area contributed by atoms with E-state index in [1.165, 1.54) is 48.1 Å². The Balaban J connectivity index is 1.21. The van der Waals surface area contributed by atoms with Gasteiger partial charge in [-0.05, 0) is 64.1 Å². The molecule has 0 aliphatic rings. The summed E-state index contributed by atoms with van der Waals surface area (Å²) in [6.07, 6.45) is 0. The molecule has 58 heavy (non-hydrogen) atoms. The maximum Gasteiger partial charge on any atom is 0.207 e. The Morgan fingerprint density at radius 2 is 0.810 bits per heavy atom. The first kappa shape index (κ1) is 32.7. The van der Waals surface area contributed by atoms with Gasteiger partial charge in [-0.2, -0.15) is 0 Å². The number of rotatable bonds is 6. The minimum absolute atomic E-state index is 0.836. The van der Waals surface area contributed by atoms with E-state index in [2.05, 4.69) is 221 Å². The van der Waals surface area contributed by atoms with Crippen LogP contribution in [0.5, 0.6) is 0 Å². The molecule has 0 unspecified atom stereocenters. The van der Waals surface area contributed by atoms with Crippen LogP contribution in [-0.2, 0) is 0 Å². The number of nitrogens with zero attached hydrogens (tertiary/aromatic N) is 3. The molecule has 272 valence electrons. The van der Waals surface area contributed by atoms with Gasteiger partial charge in [0.25, 0.3) is 0 Å². The summed E-state index contributed by atoms with van der Waals surface area (Å²) in [5, 5.41) is 11.7. The van der Waals surface area contributed by atoms with Crippen LogP contribution in [0.25, 0.3) is 77.1 Å². The molecule has 4 aromatic heterocycles. The SMILES string of the molecule is c1ccc([Si](c2ccccc2)(c2ccccc2)c2nc(-n3c4ccccc4c4cc(-n5c6ccccc6c6ccccc65)ccc43)cc3c2oc2ccccc23)cc1. The molecule has 0 fully saturated rings. The molecule has 0 atom stereocenters. The first-order valence-corrected chi connectivity index (χ1v) is 21.8. The second-order valence-corrected chi connectivity index (χ2v) is 18.8. The zero-order chi connectivity index (χ0) is 38.2. The number of para-hydroxylation sites is 4. The Bertz CT molecular complexity index is 3360. The van der Waals surface area contributed by atoms with E-state index < -0.39 is 8.07 Å². The van der Waals surface area contributed by atoms with Crippen LogP contribution in [0, 0.1) is 0 Å². The van der Waals surface area contributed by atoms with E-state index in [9.17, 15) is 0 Å². The van der Waals surface area contributed by atoms with Crippen LogP contribution < -0.4 is 20.9 Å². The van der Waals surface area contributed by atoms with Crippen LogP contribution in [-0.4, -0.2) is 22.2 Å². The highest BCUT2D eigenvalue weighted by Crippen LogP contribution is 2.38. The molecule has 0 aliphatic carbocycles. The van der Waals surface area contributed by atoms with E-state index in [1.54, 1.807) is 0 Å². The molecule has 12 aromatic rings. The molecule has 4 nitrogen and oxygen atoms in total. The summed E-state index contributed by atoms with van der Waals surface area (Å²) in [6.45, 7) is 0. The Kier molecular flexibility index (Phi) is 7.21. The molecular weight excluding hydrogens is 723 g/mol. The summed E-state index contributed by atoms with van der Waals surface area (Å²) < 4.78 is 11.8. The molecule has 0 N–H and O–H groups in total. The second kappa shape index (κ2) is 12.8. The summed E-state index contributed by atoms with van der Waals surface area (Å²) in [5.74, 6) is 0.865. The predicted molar refractivity (Wildman–Crippen MR) is 244 cm³/mol. The third-order valence-corrected chi connectivity index (χ3v) is 16.7. The average molecular weight is 758 g/mol. The van der Waals surface area contributed by atoms with Gasteiger partial charge in [0.2, 0.25) is 8.07 Å². The van der Waals surface area contributed by atoms with E-state index >= 15 is 0 Å². The van der Waals surface area contributed by atoms with Gasteiger partial charge in [0, 0.05) is 38.0 Å². The summed E-state index contributed by atoms with van der Waals surface area (Å²) in [5.41, 5.74) is 7.41. The lowest BCUT2D eigenvalue weighted by Crippen LogP contribution is -2.75. The summed E-state index contributed by atoms with van der Waals surface area (Å²) in [4.78, 5) is 5.92. The van der Waals surface area contributed by atoms with E-state index in [-0.39, 0.29) is 0 Å². The van der Waals surface area contributed by atoms with Crippen LogP contribution in [0.1, 0.15) is 0 Å². The van der Waals surface area contributed by atoms with Gasteiger partial charge in [-0.3, -0.25) is 4.57 Å². The fourth-order valence-corrected chi connectivity index (χ4v) is 14.3. The molecule has 0 radical (unpaired) electrons. The first-order chi connectivity index (χ1) is 28.8. The molecule has 0 saturated heterocycles. The average Bonchev–Trinajstić information content (AvgIpc) is 3.95. The van der Waals surface area contributed by atoms with Crippen molar-refractivity contribution in [1.29, 1.82) is 0 Å². The molecule has 0 amide bonds. The van der Waals surface area contributed by atoms with Crippen molar-refractivity contribution < 1.29 is 4.42 Å². The Morgan fingerprint density at radius 3 is 1.38 bits per heavy atom. The van der Waals surface area contributed by atoms with Crippen molar-refractivity contribution in [3.8, 4) is 11.5 Å². The van der Waals surface area contributed by atoms with Crippen molar-refractivity contribution in [2.45, 2.75) is 0 Å². The van der Waals surface area contributed by atoms with E-state index in [1.807, 2.05) is 0 Å². The van der Waals surface area contributed by atoms with Gasteiger partial charge in [0.1, 0.15) is 11.4 Å². The third kappa shape index (κ3) is 4.65. The lowest BCUT2D eigenvalue weighted by molar-refractivity contribution is 0.669. The Hall–Kier alpha value is -7.47. The molecule has 0 aliphatic heterocycles. The van der Waals surface area contributed by atoms with E-state index in [0.717, 1.165) is 49.8 Å². The fraction of sp³-hybridized carbons (Fsp3) is 0. The normalized spacial score (nSPS) is 12.1. The minimum atomic E-state index is -3.13. The van der Waals surface area contributed by atoms with Crippen LogP contribution >= 0.6 is 0 Å². The van der Waals surface area contributed by atoms with Crippen LogP contribution in [0.4, 0.5) is 0 Å². The van der Waals surface area contributed by atoms with Crippen LogP contribution in [0.3, 0.4) is 0 Å². The van der Waals surface area contributed by atoms with Crippen LogP contribution in [0.15, 0.2) is 217 Å². The quantitative estimate of drug-likeness (QED) is 0.125. The lowest BCUT2D eigenvalue weighted by Gasteiger charge is -2.33. The van der Waals surface area contributed by atoms with Crippen molar-refractivity contribution in [3.05, 3.63) is 212 Å². The number of benzene rings is 8. The smallest absolute Gasteiger partial charge is 0.207 e. The van der Waals surface area contributed by atoms with E-state index in [4.69, 9.17) is 9.40 Å². The largest absolute Gasteiger partial charge is 0.455 e. The first-order valence-electron chi connectivity index (χ1n) is 19.8. The van der Waals surface area contributed by atoms with E-state index in [0.29, 0.717) is 0 Å². The van der Waals surface area contributed by atoms with Crippen molar-refractivity contribution in [3.63, 3.8) is 0 Å². The number of hydrogen-bond donors (Lipinski definition) is 0. The highest BCUT2D eigenvalue weighted by Gasteiger charge is 2.45. The summed E-state index contributed by atoms with van der Waals surface area (Å²) in [6, 6.07) is 76.7. The van der Waals surface area contributed by atoms with Gasteiger partial charge < -0.3 is 8.98 Å². The Labute approximate surface area is 335 Å². The molecule has 12 rings (SSSR count). The highest BCUT2D eigenvalue weighted by molar-refractivity contribution is 7.20. The van der Waals surface area contributed by atoms with Gasteiger partial charge in [-0.15, -0.1) is 0 Å². The zero-order valence-electron chi connectivity index (χ0n) is 31.5. The number of pyridine rings is 1. The maximum absolute atomic E-state index is 6.99. The topological polar surface area (TPSA) is 35.9 Å². The van der Waals surface area contributed by atoms with Gasteiger partial charge >= 0.3 is 0 Å². The van der Waals surface area contributed by atoms with Gasteiger partial charge in [-0.25, -0.2) is 4.98 Å². The van der Waals surface area contributed by atoms with Crippen molar-refractivity contribution >= 4 is 94.5 Å². The fourth-order valence-electron chi connectivity index (χ4n) is 9.60. The summed E-state index contributed by atoms with van der Waals surface area (Å²) in [7, 11) is -3.13. The van der Waals surface area contributed by atoms with Gasteiger partial charge in [0.15, 0.2) is 5.58 Å². The Morgan fingerprint density at radius 1 is 0.362 bits per heavy atom. The minimum Gasteiger partial charge on any atom is -0.455 e. The number of hydrogen-bond acceptors (Lipinski definition) is 2. The predicted octanol–water partition coefficient (Wildman–Crippen LogP) is 10.6. The lowest BCUT2D eigenvalue weighted by atomic mass is 10.1. The maximum atomic E-state index is 6.99. The molecule has 0 spiro atoms. The molecule has 0 bridgehead atoms. The summed E-state index contributed by atoms with van der Waals surface area (Å²) >= 11 is 0. The number of furan rings is 1.